The van der Waals surface area contributed by atoms with E-state index in [9.17, 15) is 0 Å². The summed E-state index contributed by atoms with van der Waals surface area (Å²) >= 11 is 6.07. The minimum atomic E-state index is 0.587. The molecular weight excluding hydrogens is 404 g/mol. The van der Waals surface area contributed by atoms with E-state index in [-0.39, 0.29) is 0 Å². The van der Waals surface area contributed by atoms with Crippen LogP contribution in [0.5, 0.6) is 23.0 Å². The summed E-state index contributed by atoms with van der Waals surface area (Å²) < 4.78 is 21.6. The van der Waals surface area contributed by atoms with Crippen LogP contribution >= 0.6 is 11.6 Å². The Hall–Kier alpha value is -3.38. The summed E-state index contributed by atoms with van der Waals surface area (Å²) in [7, 11) is 6.41. The lowest BCUT2D eigenvalue weighted by Gasteiger charge is -2.15. The molecule has 0 aliphatic heterocycles. The van der Waals surface area contributed by atoms with E-state index in [4.69, 9.17) is 35.5 Å². The van der Waals surface area contributed by atoms with E-state index in [2.05, 4.69) is 5.32 Å². The molecule has 0 amide bonds. The molecule has 0 unspecified atom stereocenters. The van der Waals surface area contributed by atoms with Crippen LogP contribution in [0.15, 0.2) is 65.7 Å². The van der Waals surface area contributed by atoms with Crippen molar-refractivity contribution in [2.75, 3.05) is 33.8 Å². The van der Waals surface area contributed by atoms with Crippen LogP contribution in [-0.4, -0.2) is 34.3 Å². The zero-order chi connectivity index (χ0) is 21.5. The lowest BCUT2D eigenvalue weighted by Crippen LogP contribution is -2.14. The monoisotopic (exact) mass is 426 g/mol. The first-order valence-corrected chi connectivity index (χ1v) is 9.51. The summed E-state index contributed by atoms with van der Waals surface area (Å²) in [4.78, 5) is 4.81. The topological polar surface area (TPSA) is 61.3 Å². The molecule has 156 valence electrons. The maximum atomic E-state index is 6.07. The van der Waals surface area contributed by atoms with Gasteiger partial charge >= 0.3 is 0 Å². The first-order chi connectivity index (χ1) is 14.6. The predicted octanol–water partition coefficient (Wildman–Crippen LogP) is 5.56. The second-order valence-corrected chi connectivity index (χ2v) is 6.63. The van der Waals surface area contributed by atoms with Crippen LogP contribution in [0.1, 0.15) is 5.56 Å². The third-order valence-corrected chi connectivity index (χ3v) is 4.65. The Kier molecular flexibility index (Phi) is 7.03. The molecule has 0 saturated heterocycles. The number of nitrogens with one attached hydrogen (secondary N) is 1. The van der Waals surface area contributed by atoms with Crippen molar-refractivity contribution in [1.29, 1.82) is 0 Å². The highest BCUT2D eigenvalue weighted by Gasteiger charge is 2.12. The van der Waals surface area contributed by atoms with E-state index in [0.717, 1.165) is 11.3 Å². The maximum absolute atomic E-state index is 6.07. The molecule has 0 heterocycles. The van der Waals surface area contributed by atoms with E-state index in [1.54, 1.807) is 40.6 Å². The van der Waals surface area contributed by atoms with Crippen molar-refractivity contribution in [3.63, 3.8) is 0 Å². The summed E-state index contributed by atoms with van der Waals surface area (Å²) in [5.41, 5.74) is 2.22. The fraction of sp³-hybridized carbons (Fsp3) is 0.174. The Labute approximate surface area is 181 Å². The van der Waals surface area contributed by atoms with Gasteiger partial charge in [0.2, 0.25) is 0 Å². The summed E-state index contributed by atoms with van der Waals surface area (Å²) in [5.74, 6) is 3.18. The van der Waals surface area contributed by atoms with Gasteiger partial charge in [0, 0.05) is 22.7 Å². The van der Waals surface area contributed by atoms with Crippen LogP contribution < -0.4 is 24.3 Å². The van der Waals surface area contributed by atoms with Crippen LogP contribution in [-0.2, 0) is 0 Å². The second kappa shape index (κ2) is 9.89. The molecule has 1 N–H and O–H groups in total. The SMILES string of the molecule is COc1ccc(N=C(Nc2ccc(OC)cc2OC)c2ccc(Cl)cc2)c(OC)c1. The van der Waals surface area contributed by atoms with E-state index >= 15 is 0 Å². The molecule has 30 heavy (non-hydrogen) atoms. The zero-order valence-corrected chi connectivity index (χ0v) is 18.0. The lowest BCUT2D eigenvalue weighted by atomic mass is 10.2. The number of nitrogens with zero attached hydrogens (tertiary/aromatic N) is 1. The Balaban J connectivity index is 2.08. The van der Waals surface area contributed by atoms with Gasteiger partial charge in [-0.05, 0) is 48.5 Å². The summed E-state index contributed by atoms with van der Waals surface area (Å²) in [5, 5.41) is 3.99. The van der Waals surface area contributed by atoms with E-state index < -0.39 is 0 Å². The quantitative estimate of drug-likeness (QED) is 0.395. The third-order valence-electron chi connectivity index (χ3n) is 4.40. The molecule has 6 nitrogen and oxygen atoms in total. The van der Waals surface area contributed by atoms with Gasteiger partial charge in [-0.1, -0.05) is 11.6 Å². The lowest BCUT2D eigenvalue weighted by molar-refractivity contribution is 0.395. The number of aliphatic imine (C=N–C) groups is 1. The normalized spacial score (nSPS) is 11.0. The van der Waals surface area contributed by atoms with E-state index in [0.29, 0.717) is 39.5 Å². The van der Waals surface area contributed by atoms with Gasteiger partial charge < -0.3 is 24.3 Å². The molecule has 0 bridgehead atoms. The Morgan fingerprint density at radius 3 is 1.93 bits per heavy atom. The van der Waals surface area contributed by atoms with Crippen molar-refractivity contribution in [3.8, 4) is 23.0 Å². The van der Waals surface area contributed by atoms with Crippen LogP contribution in [0.3, 0.4) is 0 Å². The molecule has 0 atom stereocenters. The minimum Gasteiger partial charge on any atom is -0.497 e. The van der Waals surface area contributed by atoms with Crippen molar-refractivity contribution in [2.24, 2.45) is 4.99 Å². The molecule has 0 aromatic heterocycles. The smallest absolute Gasteiger partial charge is 0.148 e. The number of amidine groups is 1. The average molecular weight is 427 g/mol. The highest BCUT2D eigenvalue weighted by atomic mass is 35.5. The third kappa shape index (κ3) is 4.96. The number of ether oxygens (including phenoxy) is 4. The fourth-order valence-electron chi connectivity index (χ4n) is 2.80. The molecule has 3 aromatic rings. The van der Waals surface area contributed by atoms with Crippen LogP contribution in [0.4, 0.5) is 11.4 Å². The van der Waals surface area contributed by atoms with Gasteiger partial charge in [0.25, 0.3) is 0 Å². The fourth-order valence-corrected chi connectivity index (χ4v) is 2.93. The molecule has 0 saturated carbocycles. The summed E-state index contributed by atoms with van der Waals surface area (Å²) in [6.07, 6.45) is 0. The van der Waals surface area contributed by atoms with Crippen molar-refractivity contribution in [2.45, 2.75) is 0 Å². The molecule has 0 aliphatic carbocycles. The molecule has 0 radical (unpaired) electrons. The Morgan fingerprint density at radius 2 is 1.33 bits per heavy atom. The Bertz CT molecular complexity index is 1040. The van der Waals surface area contributed by atoms with Crippen LogP contribution in [0.25, 0.3) is 0 Å². The molecular formula is C23H23ClN2O4. The summed E-state index contributed by atoms with van der Waals surface area (Å²) in [6, 6.07) is 18.4. The second-order valence-electron chi connectivity index (χ2n) is 6.20. The number of hydrogen-bond acceptors (Lipinski definition) is 5. The van der Waals surface area contributed by atoms with Crippen LogP contribution in [0.2, 0.25) is 5.02 Å². The first-order valence-electron chi connectivity index (χ1n) is 9.13. The van der Waals surface area contributed by atoms with Crippen molar-refractivity contribution >= 4 is 28.8 Å². The molecule has 0 aliphatic rings. The number of rotatable bonds is 7. The highest BCUT2D eigenvalue weighted by Crippen LogP contribution is 2.34. The highest BCUT2D eigenvalue weighted by molar-refractivity contribution is 6.30. The number of halogens is 1. The van der Waals surface area contributed by atoms with Crippen molar-refractivity contribution in [1.82, 2.24) is 0 Å². The number of hydrogen-bond donors (Lipinski definition) is 1. The van der Waals surface area contributed by atoms with Crippen molar-refractivity contribution < 1.29 is 18.9 Å². The predicted molar refractivity (Wildman–Crippen MR) is 120 cm³/mol. The van der Waals surface area contributed by atoms with Gasteiger partial charge in [-0.15, -0.1) is 0 Å². The minimum absolute atomic E-state index is 0.587. The van der Waals surface area contributed by atoms with Gasteiger partial charge in [0.15, 0.2) is 0 Å². The summed E-state index contributed by atoms with van der Waals surface area (Å²) in [6.45, 7) is 0. The first kappa shape index (κ1) is 21.3. The number of benzene rings is 3. The molecule has 0 fully saturated rings. The van der Waals surface area contributed by atoms with Gasteiger partial charge in [-0.25, -0.2) is 4.99 Å². The van der Waals surface area contributed by atoms with Crippen molar-refractivity contribution in [3.05, 3.63) is 71.2 Å². The molecule has 7 heteroatoms. The van der Waals surface area contributed by atoms with Gasteiger partial charge in [0.1, 0.15) is 34.5 Å². The zero-order valence-electron chi connectivity index (χ0n) is 17.2. The largest absolute Gasteiger partial charge is 0.497 e. The van der Waals surface area contributed by atoms with Gasteiger partial charge in [0.05, 0.1) is 34.1 Å². The van der Waals surface area contributed by atoms with Gasteiger partial charge in [-0.3, -0.25) is 0 Å². The number of methoxy groups -OCH3 is 4. The molecule has 0 spiro atoms. The standard InChI is InChI=1S/C23H23ClN2O4/c1-27-17-9-11-19(21(13-17)29-3)25-23(15-5-7-16(24)8-6-15)26-20-12-10-18(28-2)14-22(20)30-4/h5-14H,1-4H3,(H,25,26). The molecule has 3 rings (SSSR count). The maximum Gasteiger partial charge on any atom is 0.148 e. The Morgan fingerprint density at radius 1 is 0.733 bits per heavy atom. The number of anilines is 1. The van der Waals surface area contributed by atoms with Gasteiger partial charge in [-0.2, -0.15) is 0 Å². The van der Waals surface area contributed by atoms with E-state index in [1.165, 1.54) is 0 Å². The van der Waals surface area contributed by atoms with E-state index in [1.807, 2.05) is 48.5 Å². The van der Waals surface area contributed by atoms with Crippen LogP contribution in [0, 0.1) is 0 Å². The average Bonchev–Trinajstić information content (AvgIpc) is 2.79. The molecule has 3 aromatic carbocycles.